The number of cyclic esters (lactones) is 1. The Hall–Kier alpha value is -2.05. The maximum absolute atomic E-state index is 11.5. The molecule has 15 heavy (non-hydrogen) atoms. The molecule has 7 nitrogen and oxygen atoms in total. The molecule has 80 valence electrons. The molecule has 1 aromatic rings. The van der Waals surface area contributed by atoms with E-state index in [-0.39, 0.29) is 12.5 Å². The lowest BCUT2D eigenvalue weighted by molar-refractivity contribution is -0.117. The van der Waals surface area contributed by atoms with E-state index in [1.807, 2.05) is 0 Å². The summed E-state index contributed by atoms with van der Waals surface area (Å²) in [5, 5.41) is 8.42. The zero-order valence-electron chi connectivity index (χ0n) is 7.94. The second kappa shape index (κ2) is 3.60. The summed E-state index contributed by atoms with van der Waals surface area (Å²) in [5.41, 5.74) is 0. The first-order chi connectivity index (χ1) is 7.15. The third kappa shape index (κ3) is 2.06. The second-order valence-electron chi connectivity index (χ2n) is 3.11. The first-order valence-corrected chi connectivity index (χ1v) is 4.32. The van der Waals surface area contributed by atoms with Gasteiger partial charge in [0.1, 0.15) is 18.4 Å². The molecule has 2 N–H and O–H groups in total. The van der Waals surface area contributed by atoms with Crippen LogP contribution < -0.4 is 10.6 Å². The molecule has 1 atom stereocenters. The molecule has 0 aromatic carbocycles. The second-order valence-corrected chi connectivity index (χ2v) is 3.11. The van der Waals surface area contributed by atoms with Crippen LogP contribution in [0.15, 0.2) is 10.6 Å². The zero-order chi connectivity index (χ0) is 10.8. The Kier molecular flexibility index (Phi) is 2.28. The van der Waals surface area contributed by atoms with Crippen molar-refractivity contribution in [3.05, 3.63) is 11.8 Å². The molecule has 1 aliphatic rings. The summed E-state index contributed by atoms with van der Waals surface area (Å²) in [4.78, 5) is 22.1. The van der Waals surface area contributed by atoms with E-state index in [1.54, 1.807) is 13.0 Å². The molecule has 1 unspecified atom stereocenters. The summed E-state index contributed by atoms with van der Waals surface area (Å²) in [5.74, 6) is 0.532. The van der Waals surface area contributed by atoms with Crippen LogP contribution in [-0.2, 0) is 9.53 Å². The van der Waals surface area contributed by atoms with Crippen LogP contribution in [0.25, 0.3) is 0 Å². The quantitative estimate of drug-likeness (QED) is 0.719. The fourth-order valence-corrected chi connectivity index (χ4v) is 1.16. The summed E-state index contributed by atoms with van der Waals surface area (Å²) in [6, 6.07) is 0.907. The van der Waals surface area contributed by atoms with Crippen LogP contribution in [0.3, 0.4) is 0 Å². The molecule has 0 bridgehead atoms. The molecular formula is C8H9N3O4. The fourth-order valence-electron chi connectivity index (χ4n) is 1.16. The molecule has 1 saturated heterocycles. The number of hydrogen-bond donors (Lipinski definition) is 2. The third-order valence-electron chi connectivity index (χ3n) is 1.87. The first kappa shape index (κ1) is 9.50. The average molecular weight is 211 g/mol. The zero-order valence-corrected chi connectivity index (χ0v) is 7.94. The summed E-state index contributed by atoms with van der Waals surface area (Å²) in [6.45, 7) is 1.74. The maximum Gasteiger partial charge on any atom is 0.407 e. The van der Waals surface area contributed by atoms with Gasteiger partial charge in [-0.3, -0.25) is 4.79 Å². The van der Waals surface area contributed by atoms with Crippen molar-refractivity contribution in [1.82, 2.24) is 10.5 Å². The van der Waals surface area contributed by atoms with Crippen LogP contribution in [0.4, 0.5) is 10.6 Å². The number of hydrogen-bond acceptors (Lipinski definition) is 5. The van der Waals surface area contributed by atoms with Gasteiger partial charge in [0.05, 0.1) is 0 Å². The van der Waals surface area contributed by atoms with Gasteiger partial charge in [-0.25, -0.2) is 4.79 Å². The van der Waals surface area contributed by atoms with Crippen LogP contribution >= 0.6 is 0 Å². The summed E-state index contributed by atoms with van der Waals surface area (Å²) in [6.07, 6.45) is -0.591. The Balaban J connectivity index is 1.95. The number of anilines is 1. The predicted molar refractivity (Wildman–Crippen MR) is 48.1 cm³/mol. The van der Waals surface area contributed by atoms with Crippen LogP contribution in [0.5, 0.6) is 0 Å². The minimum atomic E-state index is -0.672. The lowest BCUT2D eigenvalue weighted by Gasteiger charge is -2.05. The van der Waals surface area contributed by atoms with E-state index in [1.165, 1.54) is 0 Å². The van der Waals surface area contributed by atoms with Gasteiger partial charge in [-0.1, -0.05) is 5.16 Å². The number of rotatable bonds is 2. The SMILES string of the molecule is Cc1cc(NC(=O)C2COC(=O)N2)no1. The highest BCUT2D eigenvalue weighted by atomic mass is 16.6. The van der Waals surface area contributed by atoms with Crippen LogP contribution in [-0.4, -0.2) is 29.8 Å². The predicted octanol–water partition coefficient (Wildman–Crippen LogP) is 0.0299. The fraction of sp³-hybridized carbons (Fsp3) is 0.375. The van der Waals surface area contributed by atoms with Gasteiger partial charge in [-0.2, -0.15) is 0 Å². The number of alkyl carbamates (subject to hydrolysis) is 1. The summed E-state index contributed by atoms with van der Waals surface area (Å²) < 4.78 is 9.34. The van der Waals surface area contributed by atoms with E-state index < -0.39 is 12.1 Å². The van der Waals surface area contributed by atoms with E-state index in [0.29, 0.717) is 11.6 Å². The normalized spacial score (nSPS) is 19.5. The Morgan fingerprint density at radius 2 is 2.53 bits per heavy atom. The highest BCUT2D eigenvalue weighted by Gasteiger charge is 2.29. The van der Waals surface area contributed by atoms with Gasteiger partial charge in [0, 0.05) is 6.07 Å². The van der Waals surface area contributed by atoms with E-state index >= 15 is 0 Å². The Bertz CT molecular complexity index is 400. The maximum atomic E-state index is 11.5. The number of aryl methyl sites for hydroxylation is 1. The molecule has 1 aliphatic heterocycles. The average Bonchev–Trinajstić information content (AvgIpc) is 2.75. The van der Waals surface area contributed by atoms with Gasteiger partial charge in [0.2, 0.25) is 0 Å². The van der Waals surface area contributed by atoms with E-state index in [2.05, 4.69) is 20.5 Å². The standard InChI is InChI=1S/C8H9N3O4/c1-4-2-6(11-15-4)10-7(12)5-3-14-8(13)9-5/h2,5H,3H2,1H3,(H,9,13)(H,10,11,12). The third-order valence-corrected chi connectivity index (χ3v) is 1.87. The number of carbonyl (C=O) groups is 2. The van der Waals surface area contributed by atoms with Gasteiger partial charge >= 0.3 is 6.09 Å². The Morgan fingerprint density at radius 3 is 3.07 bits per heavy atom. The number of ether oxygens (including phenoxy) is 1. The molecule has 0 aliphatic carbocycles. The number of aromatic nitrogens is 1. The van der Waals surface area contributed by atoms with Crippen molar-refractivity contribution < 1.29 is 18.8 Å². The van der Waals surface area contributed by atoms with Crippen LogP contribution in [0.2, 0.25) is 0 Å². The van der Waals surface area contributed by atoms with Crippen molar-refractivity contribution in [3.63, 3.8) is 0 Å². The smallest absolute Gasteiger partial charge is 0.407 e. The number of nitrogens with one attached hydrogen (secondary N) is 2. The van der Waals surface area contributed by atoms with E-state index in [0.717, 1.165) is 0 Å². The monoisotopic (exact) mass is 211 g/mol. The molecule has 2 rings (SSSR count). The molecule has 0 radical (unpaired) electrons. The van der Waals surface area contributed by atoms with Gasteiger partial charge in [0.25, 0.3) is 5.91 Å². The molecule has 2 heterocycles. The minimum absolute atomic E-state index is 0.0293. The lowest BCUT2D eigenvalue weighted by atomic mass is 10.3. The molecule has 0 saturated carbocycles. The molecule has 1 fully saturated rings. The van der Waals surface area contributed by atoms with E-state index in [9.17, 15) is 9.59 Å². The van der Waals surface area contributed by atoms with Crippen molar-refractivity contribution in [2.24, 2.45) is 0 Å². The number of carbonyl (C=O) groups excluding carboxylic acids is 2. The molecule has 7 heteroatoms. The van der Waals surface area contributed by atoms with Gasteiger partial charge in [0.15, 0.2) is 5.82 Å². The van der Waals surface area contributed by atoms with Crippen molar-refractivity contribution in [1.29, 1.82) is 0 Å². The highest BCUT2D eigenvalue weighted by molar-refractivity contribution is 5.97. The van der Waals surface area contributed by atoms with Crippen molar-refractivity contribution in [3.8, 4) is 0 Å². The summed E-state index contributed by atoms with van der Waals surface area (Å²) >= 11 is 0. The van der Waals surface area contributed by atoms with Gasteiger partial charge in [-0.15, -0.1) is 0 Å². The van der Waals surface area contributed by atoms with Gasteiger partial charge < -0.3 is 19.9 Å². The molecule has 0 spiro atoms. The van der Waals surface area contributed by atoms with Gasteiger partial charge in [-0.05, 0) is 6.92 Å². The largest absolute Gasteiger partial charge is 0.447 e. The molecular weight excluding hydrogens is 202 g/mol. The van der Waals surface area contributed by atoms with Crippen molar-refractivity contribution in [2.75, 3.05) is 11.9 Å². The molecule has 1 aromatic heterocycles. The van der Waals surface area contributed by atoms with Crippen LogP contribution in [0, 0.1) is 6.92 Å². The highest BCUT2D eigenvalue weighted by Crippen LogP contribution is 2.08. The van der Waals surface area contributed by atoms with Crippen molar-refractivity contribution in [2.45, 2.75) is 13.0 Å². The number of nitrogens with zero attached hydrogens (tertiary/aromatic N) is 1. The van der Waals surface area contributed by atoms with E-state index in [4.69, 9.17) is 4.52 Å². The van der Waals surface area contributed by atoms with Crippen molar-refractivity contribution >= 4 is 17.8 Å². The molecule has 2 amide bonds. The Morgan fingerprint density at radius 1 is 1.73 bits per heavy atom. The topological polar surface area (TPSA) is 93.5 Å². The summed E-state index contributed by atoms with van der Waals surface area (Å²) in [7, 11) is 0. The first-order valence-electron chi connectivity index (χ1n) is 4.32. The lowest BCUT2D eigenvalue weighted by Crippen LogP contribution is -2.38. The number of amides is 2. The van der Waals surface area contributed by atoms with Crippen LogP contribution in [0.1, 0.15) is 5.76 Å². The Labute approximate surface area is 84.8 Å². The minimum Gasteiger partial charge on any atom is -0.447 e.